The Morgan fingerprint density at radius 3 is 3.11 bits per heavy atom. The average Bonchev–Trinajstić information content (AvgIpc) is 2.45. The van der Waals surface area contributed by atoms with E-state index < -0.39 is 0 Å². The molecule has 0 aliphatic carbocycles. The van der Waals surface area contributed by atoms with E-state index in [2.05, 4.69) is 24.1 Å². The Morgan fingerprint density at radius 1 is 1.53 bits per heavy atom. The second kappa shape index (κ2) is 6.55. The van der Waals surface area contributed by atoms with Crippen molar-refractivity contribution in [3.63, 3.8) is 0 Å². The van der Waals surface area contributed by atoms with Crippen molar-refractivity contribution in [2.24, 2.45) is 0 Å². The number of rotatable bonds is 4. The van der Waals surface area contributed by atoms with E-state index in [9.17, 15) is 4.79 Å². The molecule has 4 nitrogen and oxygen atoms in total. The lowest BCUT2D eigenvalue weighted by atomic mass is 10.0. The second-order valence-electron chi connectivity index (χ2n) is 5.20. The van der Waals surface area contributed by atoms with Gasteiger partial charge >= 0.3 is 0 Å². The summed E-state index contributed by atoms with van der Waals surface area (Å²) in [6, 6.07) is 4.02. The summed E-state index contributed by atoms with van der Waals surface area (Å²) in [6.45, 7) is 6.00. The van der Waals surface area contributed by atoms with Crippen molar-refractivity contribution in [3.8, 4) is 0 Å². The first-order valence-electron chi connectivity index (χ1n) is 7.23. The van der Waals surface area contributed by atoms with Crippen LogP contribution in [0.5, 0.6) is 0 Å². The van der Waals surface area contributed by atoms with Gasteiger partial charge in [-0.25, -0.2) is 4.98 Å². The van der Waals surface area contributed by atoms with E-state index in [4.69, 9.17) is 0 Å². The maximum atomic E-state index is 12.5. The smallest absolute Gasteiger partial charge is 0.254 e. The minimum absolute atomic E-state index is 0.133. The van der Waals surface area contributed by atoms with Gasteiger partial charge in [-0.2, -0.15) is 0 Å². The third-order valence-electron chi connectivity index (χ3n) is 3.63. The van der Waals surface area contributed by atoms with Crippen LogP contribution in [0.3, 0.4) is 0 Å². The zero-order chi connectivity index (χ0) is 13.7. The summed E-state index contributed by atoms with van der Waals surface area (Å²) in [5.41, 5.74) is 0.738. The average molecular weight is 261 g/mol. The van der Waals surface area contributed by atoms with Gasteiger partial charge in [0.15, 0.2) is 0 Å². The maximum absolute atomic E-state index is 12.5. The van der Waals surface area contributed by atoms with Gasteiger partial charge in [0.1, 0.15) is 5.82 Å². The molecule has 0 radical (unpaired) electrons. The molecule has 1 fully saturated rings. The molecule has 1 aliphatic rings. The van der Waals surface area contributed by atoms with Crippen molar-refractivity contribution in [1.29, 1.82) is 0 Å². The predicted octanol–water partition coefficient (Wildman–Crippen LogP) is 2.92. The SMILES string of the molecule is CCCNc1cc(C(=O)N2CCCCC2C)ccn1. The molecule has 2 heterocycles. The normalized spacial score (nSPS) is 19.3. The van der Waals surface area contributed by atoms with E-state index in [-0.39, 0.29) is 5.91 Å². The summed E-state index contributed by atoms with van der Waals surface area (Å²) >= 11 is 0. The molecule has 0 spiro atoms. The molecular weight excluding hydrogens is 238 g/mol. The molecule has 1 aromatic heterocycles. The fourth-order valence-corrected chi connectivity index (χ4v) is 2.48. The number of amides is 1. The topological polar surface area (TPSA) is 45.2 Å². The molecule has 0 aromatic carbocycles. The highest BCUT2D eigenvalue weighted by atomic mass is 16.2. The van der Waals surface area contributed by atoms with Crippen molar-refractivity contribution in [3.05, 3.63) is 23.9 Å². The van der Waals surface area contributed by atoms with Crippen molar-refractivity contribution in [2.75, 3.05) is 18.4 Å². The number of carbonyl (C=O) groups excluding carboxylic acids is 1. The minimum atomic E-state index is 0.133. The Bertz CT molecular complexity index is 433. The van der Waals surface area contributed by atoms with Crippen LogP contribution < -0.4 is 5.32 Å². The largest absolute Gasteiger partial charge is 0.370 e. The van der Waals surface area contributed by atoms with Gasteiger partial charge in [-0.1, -0.05) is 6.92 Å². The molecule has 1 aliphatic heterocycles. The molecule has 1 atom stereocenters. The zero-order valence-corrected chi connectivity index (χ0v) is 11.9. The third kappa shape index (κ3) is 3.46. The number of nitrogens with one attached hydrogen (secondary N) is 1. The van der Waals surface area contributed by atoms with Crippen molar-refractivity contribution in [2.45, 2.75) is 45.6 Å². The van der Waals surface area contributed by atoms with Crippen LogP contribution >= 0.6 is 0 Å². The maximum Gasteiger partial charge on any atom is 0.254 e. The van der Waals surface area contributed by atoms with Crippen LogP contribution in [0.15, 0.2) is 18.3 Å². The fourth-order valence-electron chi connectivity index (χ4n) is 2.48. The van der Waals surface area contributed by atoms with Crippen molar-refractivity contribution < 1.29 is 4.79 Å². The van der Waals surface area contributed by atoms with Crippen LogP contribution in [0.25, 0.3) is 0 Å². The Labute approximate surface area is 115 Å². The van der Waals surface area contributed by atoms with Gasteiger partial charge in [0.05, 0.1) is 0 Å². The van der Waals surface area contributed by atoms with Gasteiger partial charge in [-0.05, 0) is 44.7 Å². The Balaban J connectivity index is 2.09. The first kappa shape index (κ1) is 13.8. The summed E-state index contributed by atoms with van der Waals surface area (Å²) in [5, 5.41) is 3.22. The summed E-state index contributed by atoms with van der Waals surface area (Å²) in [4.78, 5) is 18.7. The van der Waals surface area contributed by atoms with E-state index in [1.807, 2.05) is 11.0 Å². The van der Waals surface area contributed by atoms with Crippen molar-refractivity contribution >= 4 is 11.7 Å². The van der Waals surface area contributed by atoms with Crippen LogP contribution in [0.1, 0.15) is 49.9 Å². The molecule has 1 unspecified atom stereocenters. The van der Waals surface area contributed by atoms with Gasteiger partial charge in [0.25, 0.3) is 5.91 Å². The minimum Gasteiger partial charge on any atom is -0.370 e. The number of pyridine rings is 1. The Hall–Kier alpha value is -1.58. The van der Waals surface area contributed by atoms with E-state index in [0.717, 1.165) is 43.7 Å². The van der Waals surface area contributed by atoms with Crippen LogP contribution in [0.2, 0.25) is 0 Å². The van der Waals surface area contributed by atoms with Crippen LogP contribution in [-0.4, -0.2) is 34.9 Å². The number of carbonyl (C=O) groups is 1. The van der Waals surface area contributed by atoms with Gasteiger partial charge < -0.3 is 10.2 Å². The highest BCUT2D eigenvalue weighted by molar-refractivity contribution is 5.95. The lowest BCUT2D eigenvalue weighted by Gasteiger charge is -2.33. The van der Waals surface area contributed by atoms with E-state index in [0.29, 0.717) is 6.04 Å². The van der Waals surface area contributed by atoms with Gasteiger partial charge in [0.2, 0.25) is 0 Å². The first-order chi connectivity index (χ1) is 9.22. The molecule has 0 saturated carbocycles. The highest BCUT2D eigenvalue weighted by Gasteiger charge is 2.24. The van der Waals surface area contributed by atoms with E-state index in [1.54, 1.807) is 12.3 Å². The molecule has 0 bridgehead atoms. The molecule has 1 saturated heterocycles. The number of hydrogen-bond acceptors (Lipinski definition) is 3. The number of anilines is 1. The van der Waals surface area contributed by atoms with E-state index >= 15 is 0 Å². The number of aromatic nitrogens is 1. The molecule has 1 N–H and O–H groups in total. The third-order valence-corrected chi connectivity index (χ3v) is 3.63. The van der Waals surface area contributed by atoms with Crippen LogP contribution in [0.4, 0.5) is 5.82 Å². The Kier molecular flexibility index (Phi) is 4.77. The summed E-state index contributed by atoms with van der Waals surface area (Å²) < 4.78 is 0. The fraction of sp³-hybridized carbons (Fsp3) is 0.600. The second-order valence-corrected chi connectivity index (χ2v) is 5.20. The number of piperidine rings is 1. The molecule has 1 aromatic rings. The number of likely N-dealkylation sites (tertiary alicyclic amines) is 1. The van der Waals surface area contributed by atoms with Crippen LogP contribution in [0, 0.1) is 0 Å². The van der Waals surface area contributed by atoms with Crippen LogP contribution in [-0.2, 0) is 0 Å². The predicted molar refractivity (Wildman–Crippen MR) is 77.4 cm³/mol. The monoisotopic (exact) mass is 261 g/mol. The van der Waals surface area contributed by atoms with Crippen molar-refractivity contribution in [1.82, 2.24) is 9.88 Å². The standard InChI is InChI=1S/C15H23N3O/c1-3-8-16-14-11-13(7-9-17-14)15(19)18-10-5-4-6-12(18)2/h7,9,11-12H,3-6,8,10H2,1-2H3,(H,16,17). The lowest BCUT2D eigenvalue weighted by molar-refractivity contribution is 0.0635. The molecular formula is C15H23N3O. The van der Waals surface area contributed by atoms with Gasteiger partial charge in [-0.3, -0.25) is 4.79 Å². The van der Waals surface area contributed by atoms with Gasteiger partial charge in [0, 0.05) is 30.9 Å². The molecule has 4 heteroatoms. The van der Waals surface area contributed by atoms with E-state index in [1.165, 1.54) is 6.42 Å². The first-order valence-corrected chi connectivity index (χ1v) is 7.23. The summed E-state index contributed by atoms with van der Waals surface area (Å²) in [7, 11) is 0. The molecule has 2 rings (SSSR count). The highest BCUT2D eigenvalue weighted by Crippen LogP contribution is 2.19. The molecule has 104 valence electrons. The Morgan fingerprint density at radius 2 is 2.37 bits per heavy atom. The summed E-state index contributed by atoms with van der Waals surface area (Å²) in [5.74, 6) is 0.923. The van der Waals surface area contributed by atoms with Gasteiger partial charge in [-0.15, -0.1) is 0 Å². The zero-order valence-electron chi connectivity index (χ0n) is 11.9. The number of nitrogens with zero attached hydrogens (tertiary/aromatic N) is 2. The summed E-state index contributed by atoms with van der Waals surface area (Å²) in [6.07, 6.45) is 6.20. The molecule has 19 heavy (non-hydrogen) atoms. The molecule has 1 amide bonds. The lowest BCUT2D eigenvalue weighted by Crippen LogP contribution is -2.42. The quantitative estimate of drug-likeness (QED) is 0.906. The number of hydrogen-bond donors (Lipinski definition) is 1.